The molecule has 0 aliphatic rings. The smallest absolute Gasteiger partial charge is 0.305 e. The molecule has 0 aliphatic carbocycles. The Morgan fingerprint density at radius 3 is 2.42 bits per heavy atom. The molecule has 0 saturated heterocycles. The second-order valence-corrected chi connectivity index (χ2v) is 2.67. The average molecular weight is 173 g/mol. The van der Waals surface area contributed by atoms with E-state index in [2.05, 4.69) is 0 Å². The molecule has 3 nitrogen and oxygen atoms in total. The molecule has 0 heterocycles. The molecule has 0 aromatic heterocycles. The zero-order valence-electron chi connectivity index (χ0n) is 7.67. The van der Waals surface area contributed by atoms with E-state index >= 15 is 0 Å². The van der Waals surface area contributed by atoms with Gasteiger partial charge in [0.2, 0.25) is 0 Å². The average Bonchev–Trinajstić information content (AvgIpc) is 2.05. The van der Waals surface area contributed by atoms with Crippen LogP contribution in [0.1, 0.15) is 39.0 Å². The highest BCUT2D eigenvalue weighted by Gasteiger charge is 1.99. The first-order valence-electron chi connectivity index (χ1n) is 4.55. The van der Waals surface area contributed by atoms with Gasteiger partial charge in [0.15, 0.2) is 0 Å². The van der Waals surface area contributed by atoms with Crippen LogP contribution in [0.4, 0.5) is 0 Å². The third kappa shape index (κ3) is 7.54. The van der Waals surface area contributed by atoms with Gasteiger partial charge >= 0.3 is 5.97 Å². The Bertz CT molecular complexity index is 112. The van der Waals surface area contributed by atoms with Gasteiger partial charge in [-0.05, 0) is 19.8 Å². The van der Waals surface area contributed by atoms with E-state index in [-0.39, 0.29) is 12.6 Å². The van der Waals surface area contributed by atoms with Gasteiger partial charge in [-0.2, -0.15) is 0 Å². The molecule has 0 aromatic carbocycles. The Kier molecular flexibility index (Phi) is 8.12. The number of unbranched alkanes of at least 4 members (excludes halogenated alkanes) is 3. The Hall–Kier alpha value is -0.570. The number of carbonyl (C=O) groups is 1. The molecular weight excluding hydrogens is 156 g/mol. The van der Waals surface area contributed by atoms with Crippen molar-refractivity contribution in [1.29, 1.82) is 0 Å². The minimum atomic E-state index is -0.125. The first-order chi connectivity index (χ1) is 5.81. The topological polar surface area (TPSA) is 46.2 Å². The zero-order valence-corrected chi connectivity index (χ0v) is 7.67. The molecule has 0 fully saturated rings. The van der Waals surface area contributed by atoms with Crippen LogP contribution in [0.25, 0.3) is 0 Å². The Morgan fingerprint density at radius 2 is 1.83 bits per heavy atom. The van der Waals surface area contributed by atoms with E-state index in [1.807, 2.05) is 0 Å². The zero-order chi connectivity index (χ0) is 9.23. The minimum Gasteiger partial charge on any atom is -0.466 e. The van der Waals surface area contributed by atoms with E-state index in [0.29, 0.717) is 13.0 Å². The summed E-state index contributed by atoms with van der Waals surface area (Å²) in [7, 11) is 0. The van der Waals surface area contributed by atoms with E-state index in [4.69, 9.17) is 4.74 Å². The van der Waals surface area contributed by atoms with E-state index in [0.717, 1.165) is 25.7 Å². The molecule has 71 valence electrons. The molecule has 0 aliphatic heterocycles. The number of ether oxygens (including phenoxy) is 1. The number of carbonyl (C=O) groups excluding carboxylic acids is 1. The van der Waals surface area contributed by atoms with Crippen LogP contribution in [0.15, 0.2) is 0 Å². The van der Waals surface area contributed by atoms with Crippen LogP contribution >= 0.6 is 0 Å². The Morgan fingerprint density at radius 1 is 1.17 bits per heavy atom. The van der Waals surface area contributed by atoms with Crippen molar-refractivity contribution in [3.63, 3.8) is 0 Å². The normalized spacial score (nSPS) is 9.83. The first-order valence-corrected chi connectivity index (χ1v) is 4.55. The highest BCUT2D eigenvalue weighted by Crippen LogP contribution is 2.03. The van der Waals surface area contributed by atoms with Gasteiger partial charge < -0.3 is 4.74 Å². The lowest BCUT2D eigenvalue weighted by Crippen LogP contribution is -2.03. The predicted molar refractivity (Wildman–Crippen MR) is 45.3 cm³/mol. The highest BCUT2D eigenvalue weighted by molar-refractivity contribution is 5.69. The van der Waals surface area contributed by atoms with E-state index in [1.165, 1.54) is 0 Å². The van der Waals surface area contributed by atoms with Crippen molar-refractivity contribution in [2.24, 2.45) is 0 Å². The molecule has 0 atom stereocenters. The summed E-state index contributed by atoms with van der Waals surface area (Å²) < 4.78 is 4.75. The second-order valence-electron chi connectivity index (χ2n) is 2.67. The SMILES string of the molecule is CCOC(=O)CCCCCC[O]. The Balaban J connectivity index is 3.03. The van der Waals surface area contributed by atoms with Gasteiger partial charge in [-0.25, -0.2) is 5.11 Å². The highest BCUT2D eigenvalue weighted by atomic mass is 16.5. The maximum atomic E-state index is 10.8. The van der Waals surface area contributed by atoms with Crippen molar-refractivity contribution in [2.45, 2.75) is 39.0 Å². The van der Waals surface area contributed by atoms with Crippen LogP contribution in [-0.4, -0.2) is 19.2 Å². The van der Waals surface area contributed by atoms with Crippen LogP contribution < -0.4 is 0 Å². The number of esters is 1. The molecule has 0 saturated carbocycles. The second kappa shape index (κ2) is 8.53. The van der Waals surface area contributed by atoms with Gasteiger partial charge in [0.1, 0.15) is 0 Å². The predicted octanol–water partition coefficient (Wildman–Crippen LogP) is 1.93. The lowest BCUT2D eigenvalue weighted by molar-refractivity contribution is -0.143. The molecule has 0 spiro atoms. The van der Waals surface area contributed by atoms with Gasteiger partial charge in [0.25, 0.3) is 0 Å². The monoisotopic (exact) mass is 173 g/mol. The van der Waals surface area contributed by atoms with Gasteiger partial charge in [0.05, 0.1) is 13.2 Å². The third-order valence-corrected chi connectivity index (χ3v) is 1.58. The quantitative estimate of drug-likeness (QED) is 0.436. The van der Waals surface area contributed by atoms with Crippen molar-refractivity contribution in [3.8, 4) is 0 Å². The fraction of sp³-hybridized carbons (Fsp3) is 0.889. The largest absolute Gasteiger partial charge is 0.466 e. The molecule has 0 unspecified atom stereocenters. The summed E-state index contributed by atoms with van der Waals surface area (Å²) >= 11 is 0. The van der Waals surface area contributed by atoms with Crippen molar-refractivity contribution in [1.82, 2.24) is 0 Å². The van der Waals surface area contributed by atoms with Crippen molar-refractivity contribution >= 4 is 5.97 Å². The summed E-state index contributed by atoms with van der Waals surface area (Å²) in [5.74, 6) is -0.125. The lowest BCUT2D eigenvalue weighted by atomic mass is 10.1. The maximum Gasteiger partial charge on any atom is 0.305 e. The summed E-state index contributed by atoms with van der Waals surface area (Å²) in [5, 5.41) is 10.0. The Labute approximate surface area is 73.7 Å². The molecular formula is C9H17O3. The molecule has 0 N–H and O–H groups in total. The molecule has 3 heteroatoms. The fourth-order valence-corrected chi connectivity index (χ4v) is 0.958. The fourth-order valence-electron chi connectivity index (χ4n) is 0.958. The summed E-state index contributed by atoms with van der Waals surface area (Å²) in [6, 6.07) is 0. The molecule has 12 heavy (non-hydrogen) atoms. The van der Waals surface area contributed by atoms with Crippen LogP contribution in [0.2, 0.25) is 0 Å². The third-order valence-electron chi connectivity index (χ3n) is 1.58. The van der Waals surface area contributed by atoms with Crippen molar-refractivity contribution in [2.75, 3.05) is 13.2 Å². The van der Waals surface area contributed by atoms with Crippen molar-refractivity contribution < 1.29 is 14.6 Å². The van der Waals surface area contributed by atoms with Gasteiger partial charge in [-0.1, -0.05) is 12.8 Å². The van der Waals surface area contributed by atoms with E-state index in [9.17, 15) is 9.90 Å². The summed E-state index contributed by atoms with van der Waals surface area (Å²) in [6.45, 7) is 2.26. The first kappa shape index (κ1) is 11.4. The van der Waals surface area contributed by atoms with Gasteiger partial charge in [0, 0.05) is 6.42 Å². The molecule has 0 rings (SSSR count). The number of hydrogen-bond donors (Lipinski definition) is 0. The molecule has 0 aromatic rings. The van der Waals surface area contributed by atoms with Crippen LogP contribution in [0.3, 0.4) is 0 Å². The summed E-state index contributed by atoms with van der Waals surface area (Å²) in [4.78, 5) is 10.8. The summed E-state index contributed by atoms with van der Waals surface area (Å²) in [5.41, 5.74) is 0. The van der Waals surface area contributed by atoms with Gasteiger partial charge in [-0.15, -0.1) is 0 Å². The van der Waals surface area contributed by atoms with Crippen LogP contribution in [-0.2, 0) is 14.6 Å². The van der Waals surface area contributed by atoms with Crippen LogP contribution in [0.5, 0.6) is 0 Å². The number of rotatable bonds is 7. The maximum absolute atomic E-state index is 10.8. The summed E-state index contributed by atoms with van der Waals surface area (Å²) in [6.07, 6.45) is 3.96. The number of hydrogen-bond acceptors (Lipinski definition) is 2. The molecule has 0 amide bonds. The van der Waals surface area contributed by atoms with Crippen LogP contribution in [0, 0.1) is 0 Å². The van der Waals surface area contributed by atoms with E-state index in [1.54, 1.807) is 6.92 Å². The molecule has 0 bridgehead atoms. The van der Waals surface area contributed by atoms with E-state index < -0.39 is 0 Å². The lowest BCUT2D eigenvalue weighted by Gasteiger charge is -2.00. The molecule has 1 radical (unpaired) electrons. The van der Waals surface area contributed by atoms with Gasteiger partial charge in [-0.3, -0.25) is 4.79 Å². The standard InChI is InChI=1S/C9H17O3/c1-2-12-9(11)7-5-3-4-6-8-10/h2-8H2,1H3. The van der Waals surface area contributed by atoms with Crippen molar-refractivity contribution in [3.05, 3.63) is 0 Å². The minimum absolute atomic E-state index is 0.000589.